The van der Waals surface area contributed by atoms with E-state index >= 15 is 0 Å². The zero-order valence-corrected chi connectivity index (χ0v) is 9.40. The number of carbonyl (C=O) groups excluding carboxylic acids is 1. The SMILES string of the molecule is CNCNC(=O)c1ccc(COO)cc1.[C-]#[O+]. The van der Waals surface area contributed by atoms with E-state index in [1.54, 1.807) is 31.3 Å². The van der Waals surface area contributed by atoms with Gasteiger partial charge < -0.3 is 10.6 Å². The van der Waals surface area contributed by atoms with E-state index in [0.29, 0.717) is 12.2 Å². The first-order valence-corrected chi connectivity index (χ1v) is 4.76. The molecule has 0 aliphatic rings. The summed E-state index contributed by atoms with van der Waals surface area (Å²) in [5.41, 5.74) is 1.38. The van der Waals surface area contributed by atoms with Crippen LogP contribution >= 0.6 is 0 Å². The van der Waals surface area contributed by atoms with Crippen LogP contribution in [0.15, 0.2) is 24.3 Å². The Morgan fingerprint density at radius 1 is 1.41 bits per heavy atom. The molecule has 0 spiro atoms. The quantitative estimate of drug-likeness (QED) is 0.230. The molecular formula is C11H14N2O4. The predicted octanol–water partition coefficient (Wildman–Crippen LogP) is 0.545. The Hall–Kier alpha value is -1.69. The summed E-state index contributed by atoms with van der Waals surface area (Å²) in [5, 5.41) is 13.7. The van der Waals surface area contributed by atoms with Gasteiger partial charge in [-0.1, -0.05) is 12.1 Å². The Bertz CT molecular complexity index is 348. The monoisotopic (exact) mass is 238 g/mol. The third-order valence-corrected chi connectivity index (χ3v) is 1.87. The van der Waals surface area contributed by atoms with Gasteiger partial charge in [0, 0.05) is 5.56 Å². The van der Waals surface area contributed by atoms with Crippen molar-refractivity contribution in [1.29, 1.82) is 0 Å². The van der Waals surface area contributed by atoms with Gasteiger partial charge in [0.05, 0.1) is 6.67 Å². The molecule has 0 unspecified atom stereocenters. The number of hydrogen-bond acceptors (Lipinski definition) is 4. The van der Waals surface area contributed by atoms with E-state index in [1.807, 2.05) is 0 Å². The van der Waals surface area contributed by atoms with Crippen LogP contribution in [0.2, 0.25) is 0 Å². The second-order valence-corrected chi connectivity index (χ2v) is 3.01. The molecule has 1 aromatic rings. The fourth-order valence-electron chi connectivity index (χ4n) is 1.10. The van der Waals surface area contributed by atoms with Crippen molar-refractivity contribution < 1.29 is 19.6 Å². The van der Waals surface area contributed by atoms with E-state index < -0.39 is 0 Å². The molecule has 0 aliphatic carbocycles. The van der Waals surface area contributed by atoms with Gasteiger partial charge in [-0.05, 0) is 24.7 Å². The van der Waals surface area contributed by atoms with E-state index in [-0.39, 0.29) is 12.5 Å². The molecule has 0 heterocycles. The molecule has 17 heavy (non-hydrogen) atoms. The molecule has 0 saturated heterocycles. The molecule has 0 aromatic heterocycles. The molecule has 3 N–H and O–H groups in total. The summed E-state index contributed by atoms with van der Waals surface area (Å²) in [6, 6.07) is 6.81. The Kier molecular flexibility index (Phi) is 8.58. The van der Waals surface area contributed by atoms with Gasteiger partial charge in [-0.3, -0.25) is 10.1 Å². The second kappa shape index (κ2) is 9.53. The topological polar surface area (TPSA) is 90.5 Å². The van der Waals surface area contributed by atoms with E-state index in [4.69, 9.17) is 9.91 Å². The maximum atomic E-state index is 11.4. The molecular weight excluding hydrogens is 224 g/mol. The average Bonchev–Trinajstić information content (AvgIpc) is 2.39. The van der Waals surface area contributed by atoms with Crippen LogP contribution in [0.1, 0.15) is 15.9 Å². The molecule has 1 rings (SSSR count). The molecule has 0 saturated carbocycles. The van der Waals surface area contributed by atoms with Gasteiger partial charge in [0.1, 0.15) is 6.61 Å². The van der Waals surface area contributed by atoms with Gasteiger partial charge in [0.2, 0.25) is 0 Å². The first kappa shape index (κ1) is 15.3. The van der Waals surface area contributed by atoms with Crippen molar-refractivity contribution in [3.63, 3.8) is 0 Å². The average molecular weight is 238 g/mol. The zero-order valence-electron chi connectivity index (χ0n) is 9.40. The van der Waals surface area contributed by atoms with Crippen molar-refractivity contribution in [1.82, 2.24) is 10.6 Å². The minimum atomic E-state index is -0.138. The third kappa shape index (κ3) is 5.82. The number of rotatable bonds is 5. The van der Waals surface area contributed by atoms with Crippen LogP contribution in [0, 0.1) is 6.65 Å². The van der Waals surface area contributed by atoms with Crippen molar-refractivity contribution in [3.8, 4) is 0 Å². The fraction of sp³-hybridized carbons (Fsp3) is 0.273. The van der Waals surface area contributed by atoms with Crippen LogP contribution in [-0.4, -0.2) is 24.9 Å². The molecule has 0 fully saturated rings. The molecule has 92 valence electrons. The molecule has 6 nitrogen and oxygen atoms in total. The van der Waals surface area contributed by atoms with Gasteiger partial charge in [-0.2, -0.15) is 0 Å². The Balaban J connectivity index is 0.00000121. The van der Waals surface area contributed by atoms with Crippen molar-refractivity contribution in [2.45, 2.75) is 6.61 Å². The number of amides is 1. The van der Waals surface area contributed by atoms with Gasteiger partial charge >= 0.3 is 11.3 Å². The molecule has 1 amide bonds. The van der Waals surface area contributed by atoms with E-state index in [9.17, 15) is 4.79 Å². The van der Waals surface area contributed by atoms with Crippen molar-refractivity contribution in [3.05, 3.63) is 42.0 Å². The third-order valence-electron chi connectivity index (χ3n) is 1.87. The molecule has 0 bridgehead atoms. The summed E-state index contributed by atoms with van der Waals surface area (Å²) in [7, 11) is 1.75. The van der Waals surface area contributed by atoms with Crippen molar-refractivity contribution >= 4 is 5.91 Å². The summed E-state index contributed by atoms with van der Waals surface area (Å²) in [4.78, 5) is 15.4. The summed E-state index contributed by atoms with van der Waals surface area (Å²) in [6.45, 7) is 5.05. The van der Waals surface area contributed by atoms with Crippen LogP contribution in [0.3, 0.4) is 0 Å². The van der Waals surface area contributed by atoms with Gasteiger partial charge in [-0.15, -0.1) is 0 Å². The van der Waals surface area contributed by atoms with Crippen LogP contribution < -0.4 is 10.6 Å². The number of benzene rings is 1. The summed E-state index contributed by atoms with van der Waals surface area (Å²) < 4.78 is 7.50. The maximum absolute atomic E-state index is 11.4. The first-order chi connectivity index (χ1) is 8.27. The molecule has 6 heteroatoms. The minimum absolute atomic E-state index is 0.123. The van der Waals surface area contributed by atoms with Crippen LogP contribution in [0.4, 0.5) is 0 Å². The van der Waals surface area contributed by atoms with Crippen LogP contribution in [0.25, 0.3) is 0 Å². The van der Waals surface area contributed by atoms with E-state index in [1.165, 1.54) is 0 Å². The summed E-state index contributed by atoms with van der Waals surface area (Å²) >= 11 is 0. The zero-order chi connectivity index (χ0) is 13.1. The Labute approximate surface area is 99.2 Å². The van der Waals surface area contributed by atoms with Gasteiger partial charge in [-0.25, -0.2) is 4.89 Å². The van der Waals surface area contributed by atoms with Gasteiger partial charge in [0.15, 0.2) is 0 Å². The molecule has 1 aromatic carbocycles. The number of carbonyl (C=O) groups is 1. The number of nitrogens with one attached hydrogen (secondary N) is 2. The second-order valence-electron chi connectivity index (χ2n) is 3.01. The Morgan fingerprint density at radius 3 is 2.47 bits per heavy atom. The van der Waals surface area contributed by atoms with Crippen molar-refractivity contribution in [2.75, 3.05) is 13.7 Å². The molecule has 0 atom stereocenters. The summed E-state index contributed by atoms with van der Waals surface area (Å²) in [6.07, 6.45) is 0. The number of hydrogen-bond donors (Lipinski definition) is 3. The van der Waals surface area contributed by atoms with Gasteiger partial charge in [0.25, 0.3) is 5.91 Å². The molecule has 0 aliphatic heterocycles. The van der Waals surface area contributed by atoms with E-state index in [0.717, 1.165) is 5.56 Å². The molecule has 0 radical (unpaired) electrons. The normalized spacial score (nSPS) is 8.94. The van der Waals surface area contributed by atoms with Crippen molar-refractivity contribution in [2.24, 2.45) is 0 Å². The fourth-order valence-corrected chi connectivity index (χ4v) is 1.10. The Morgan fingerprint density at radius 2 is 2.00 bits per heavy atom. The van der Waals surface area contributed by atoms with E-state index in [2.05, 4.69) is 22.2 Å². The first-order valence-electron chi connectivity index (χ1n) is 4.76. The predicted molar refractivity (Wildman–Crippen MR) is 59.2 cm³/mol. The van der Waals surface area contributed by atoms with Crippen LogP contribution in [0.5, 0.6) is 0 Å². The summed E-state index contributed by atoms with van der Waals surface area (Å²) in [5.74, 6) is -0.138. The van der Waals surface area contributed by atoms with Crippen LogP contribution in [-0.2, 0) is 16.1 Å². The standard InChI is InChI=1S/C10H14N2O3.CO/c1-11-7-12-10(13)9-4-2-8(3-5-9)6-15-14;1-2/h2-5,11,14H,6-7H2,1H3,(H,12,13);.